The molecule has 0 saturated heterocycles. The number of halogens is 1. The van der Waals surface area contributed by atoms with E-state index < -0.39 is 0 Å². The maximum Gasteiger partial charge on any atom is 0.137 e. The van der Waals surface area contributed by atoms with Gasteiger partial charge in [0.15, 0.2) is 0 Å². The molecule has 4 aromatic rings. The van der Waals surface area contributed by atoms with Crippen LogP contribution < -0.4 is 0 Å². The van der Waals surface area contributed by atoms with E-state index in [1.807, 2.05) is 18.5 Å². The monoisotopic (exact) mass is 319 g/mol. The number of pyridine rings is 2. The Kier molecular flexibility index (Phi) is 3.36. The number of hydrogen-bond donors (Lipinski definition) is 1. The average molecular weight is 320 g/mol. The minimum Gasteiger partial charge on any atom is -0.346 e. The van der Waals surface area contributed by atoms with E-state index in [2.05, 4.69) is 52.2 Å². The lowest BCUT2D eigenvalue weighted by atomic mass is 9.99. The number of H-pyrrole nitrogens is 1. The SMILES string of the molecule is Cc1ccccc1-c1c[nH]c2ncc(-c3ccc(Cl)nc3)cc12. The van der Waals surface area contributed by atoms with Crippen LogP contribution in [0.5, 0.6) is 0 Å². The number of aromatic nitrogens is 3. The van der Waals surface area contributed by atoms with Crippen LogP contribution in [0.1, 0.15) is 5.56 Å². The van der Waals surface area contributed by atoms with Crippen LogP contribution in [0.4, 0.5) is 0 Å². The summed E-state index contributed by atoms with van der Waals surface area (Å²) >= 11 is 5.87. The van der Waals surface area contributed by atoms with Gasteiger partial charge in [-0.1, -0.05) is 35.9 Å². The molecule has 3 heterocycles. The molecular formula is C19H14ClN3. The number of aryl methyl sites for hydroxylation is 1. The second kappa shape index (κ2) is 5.52. The number of benzene rings is 1. The van der Waals surface area contributed by atoms with Crippen LogP contribution >= 0.6 is 11.6 Å². The summed E-state index contributed by atoms with van der Waals surface area (Å²) in [6, 6.07) is 14.3. The first-order valence-electron chi connectivity index (χ1n) is 7.37. The first-order chi connectivity index (χ1) is 11.2. The molecule has 1 aromatic carbocycles. The van der Waals surface area contributed by atoms with Gasteiger partial charge in [-0.2, -0.15) is 0 Å². The van der Waals surface area contributed by atoms with Crippen LogP contribution in [0.25, 0.3) is 33.3 Å². The van der Waals surface area contributed by atoms with Crippen LogP contribution in [-0.4, -0.2) is 15.0 Å². The van der Waals surface area contributed by atoms with E-state index >= 15 is 0 Å². The summed E-state index contributed by atoms with van der Waals surface area (Å²) in [5, 5.41) is 1.59. The lowest BCUT2D eigenvalue weighted by Gasteiger charge is -2.05. The fraction of sp³-hybridized carbons (Fsp3) is 0.0526. The Labute approximate surface area is 139 Å². The molecule has 112 valence electrons. The predicted octanol–water partition coefficient (Wildman–Crippen LogP) is 5.25. The van der Waals surface area contributed by atoms with Crippen molar-refractivity contribution >= 4 is 22.6 Å². The molecule has 3 nitrogen and oxygen atoms in total. The summed E-state index contributed by atoms with van der Waals surface area (Å²) in [7, 11) is 0. The highest BCUT2D eigenvalue weighted by atomic mass is 35.5. The van der Waals surface area contributed by atoms with Gasteiger partial charge >= 0.3 is 0 Å². The van der Waals surface area contributed by atoms with Gasteiger partial charge in [-0.25, -0.2) is 9.97 Å². The molecule has 0 amide bonds. The third-order valence-electron chi connectivity index (χ3n) is 4.03. The Morgan fingerprint density at radius 1 is 0.913 bits per heavy atom. The van der Waals surface area contributed by atoms with Crippen molar-refractivity contribution in [2.24, 2.45) is 0 Å². The lowest BCUT2D eigenvalue weighted by molar-refractivity contribution is 1.30. The zero-order chi connectivity index (χ0) is 15.8. The topological polar surface area (TPSA) is 41.6 Å². The fourth-order valence-corrected chi connectivity index (χ4v) is 2.92. The van der Waals surface area contributed by atoms with Crippen molar-refractivity contribution in [1.82, 2.24) is 15.0 Å². The van der Waals surface area contributed by atoms with Crippen molar-refractivity contribution in [3.63, 3.8) is 0 Å². The van der Waals surface area contributed by atoms with Gasteiger partial charge in [0.05, 0.1) is 0 Å². The fourth-order valence-electron chi connectivity index (χ4n) is 2.81. The quantitative estimate of drug-likeness (QED) is 0.512. The zero-order valence-electron chi connectivity index (χ0n) is 12.5. The second-order valence-corrected chi connectivity index (χ2v) is 5.89. The molecule has 0 unspecified atom stereocenters. The summed E-state index contributed by atoms with van der Waals surface area (Å²) in [5.74, 6) is 0. The van der Waals surface area contributed by atoms with Crippen LogP contribution in [-0.2, 0) is 0 Å². The highest BCUT2D eigenvalue weighted by Gasteiger charge is 2.10. The molecule has 3 aromatic heterocycles. The van der Waals surface area contributed by atoms with Crippen molar-refractivity contribution in [2.75, 3.05) is 0 Å². The Bertz CT molecular complexity index is 987. The number of aromatic amines is 1. The zero-order valence-corrected chi connectivity index (χ0v) is 13.3. The molecule has 4 heteroatoms. The van der Waals surface area contributed by atoms with Crippen LogP contribution in [0, 0.1) is 6.92 Å². The van der Waals surface area contributed by atoms with Gasteiger partial charge in [0.2, 0.25) is 0 Å². The molecule has 23 heavy (non-hydrogen) atoms. The van der Waals surface area contributed by atoms with Gasteiger partial charge in [0, 0.05) is 40.7 Å². The van der Waals surface area contributed by atoms with E-state index in [-0.39, 0.29) is 0 Å². The summed E-state index contributed by atoms with van der Waals surface area (Å²) in [4.78, 5) is 11.9. The molecule has 0 aliphatic rings. The van der Waals surface area contributed by atoms with Crippen molar-refractivity contribution < 1.29 is 0 Å². The second-order valence-electron chi connectivity index (χ2n) is 5.51. The van der Waals surface area contributed by atoms with Gasteiger partial charge in [-0.05, 0) is 36.2 Å². The molecule has 0 radical (unpaired) electrons. The van der Waals surface area contributed by atoms with E-state index in [0.29, 0.717) is 5.15 Å². The molecule has 0 aliphatic carbocycles. The van der Waals surface area contributed by atoms with Crippen molar-refractivity contribution in [3.8, 4) is 22.3 Å². The summed E-state index contributed by atoms with van der Waals surface area (Å²) in [6.45, 7) is 2.12. The predicted molar refractivity (Wildman–Crippen MR) is 94.5 cm³/mol. The summed E-state index contributed by atoms with van der Waals surface area (Å²) < 4.78 is 0. The van der Waals surface area contributed by atoms with Gasteiger partial charge < -0.3 is 4.98 Å². The number of hydrogen-bond acceptors (Lipinski definition) is 2. The van der Waals surface area contributed by atoms with Gasteiger partial charge in [-0.3, -0.25) is 0 Å². The first kappa shape index (κ1) is 14.0. The Hall–Kier alpha value is -2.65. The van der Waals surface area contributed by atoms with E-state index in [9.17, 15) is 0 Å². The number of fused-ring (bicyclic) bond motifs is 1. The molecule has 4 rings (SSSR count). The third kappa shape index (κ3) is 2.49. The van der Waals surface area contributed by atoms with Gasteiger partial charge in [0.25, 0.3) is 0 Å². The highest BCUT2D eigenvalue weighted by Crippen LogP contribution is 2.32. The number of nitrogens with zero attached hydrogens (tertiary/aromatic N) is 2. The van der Waals surface area contributed by atoms with E-state index in [1.165, 1.54) is 11.1 Å². The molecule has 0 fully saturated rings. The maximum absolute atomic E-state index is 5.87. The van der Waals surface area contributed by atoms with Crippen molar-refractivity contribution in [1.29, 1.82) is 0 Å². The maximum atomic E-state index is 5.87. The van der Waals surface area contributed by atoms with Crippen LogP contribution in [0.2, 0.25) is 5.15 Å². The van der Waals surface area contributed by atoms with Crippen molar-refractivity contribution in [2.45, 2.75) is 6.92 Å². The normalized spacial score (nSPS) is 11.0. The van der Waals surface area contributed by atoms with Crippen LogP contribution in [0.15, 0.2) is 61.1 Å². The lowest BCUT2D eigenvalue weighted by Crippen LogP contribution is -1.85. The Morgan fingerprint density at radius 3 is 2.52 bits per heavy atom. The number of rotatable bonds is 2. The van der Waals surface area contributed by atoms with Gasteiger partial charge in [-0.15, -0.1) is 0 Å². The minimum atomic E-state index is 0.491. The first-order valence-corrected chi connectivity index (χ1v) is 7.75. The molecule has 0 aliphatic heterocycles. The van der Waals surface area contributed by atoms with E-state index in [0.717, 1.165) is 27.7 Å². The van der Waals surface area contributed by atoms with E-state index in [1.54, 1.807) is 12.3 Å². The smallest absolute Gasteiger partial charge is 0.137 e. The Balaban J connectivity index is 1.90. The average Bonchev–Trinajstić information content (AvgIpc) is 2.99. The molecule has 0 bridgehead atoms. The molecule has 0 atom stereocenters. The summed E-state index contributed by atoms with van der Waals surface area (Å²) in [6.07, 6.45) is 5.64. The van der Waals surface area contributed by atoms with Crippen LogP contribution in [0.3, 0.4) is 0 Å². The molecule has 0 saturated carbocycles. The molecule has 0 spiro atoms. The van der Waals surface area contributed by atoms with Crippen molar-refractivity contribution in [3.05, 3.63) is 71.8 Å². The summed E-state index contributed by atoms with van der Waals surface area (Å²) in [5.41, 5.74) is 6.53. The minimum absolute atomic E-state index is 0.491. The van der Waals surface area contributed by atoms with Gasteiger partial charge in [0.1, 0.15) is 10.8 Å². The highest BCUT2D eigenvalue weighted by molar-refractivity contribution is 6.29. The molecule has 1 N–H and O–H groups in total. The molecular weight excluding hydrogens is 306 g/mol. The largest absolute Gasteiger partial charge is 0.346 e. The number of nitrogens with one attached hydrogen (secondary N) is 1. The van der Waals surface area contributed by atoms with E-state index in [4.69, 9.17) is 11.6 Å². The Morgan fingerprint density at radius 2 is 1.74 bits per heavy atom. The third-order valence-corrected chi connectivity index (χ3v) is 4.25. The standard InChI is InChI=1S/C19H14ClN3/c1-12-4-2-3-5-15(12)17-11-23-19-16(17)8-14(10-22-19)13-6-7-18(20)21-9-13/h2-11H,1H3,(H,22,23).